The SMILES string of the molecule is Cc1ccc(-c2ccccc2)n1-c1ccc(C(=O)N/N=C/c2ccc(-c3cc([N+](=O)[O-])c(Cl)cc3Cl)o2)cc1. The Morgan fingerprint density at radius 2 is 1.72 bits per heavy atom. The highest BCUT2D eigenvalue weighted by Gasteiger charge is 2.19. The van der Waals surface area contributed by atoms with Crippen LogP contribution in [-0.2, 0) is 0 Å². The molecule has 0 radical (unpaired) electrons. The number of amides is 1. The van der Waals surface area contributed by atoms with Gasteiger partial charge >= 0.3 is 0 Å². The first kappa shape index (κ1) is 26.0. The van der Waals surface area contributed by atoms with Gasteiger partial charge in [-0.3, -0.25) is 14.9 Å². The molecule has 0 aliphatic heterocycles. The second kappa shape index (κ2) is 11.0. The van der Waals surface area contributed by atoms with E-state index in [2.05, 4.69) is 39.4 Å². The fourth-order valence-electron chi connectivity index (χ4n) is 4.13. The molecule has 0 unspecified atom stereocenters. The number of hydrogen-bond donors (Lipinski definition) is 1. The van der Waals surface area contributed by atoms with Crippen LogP contribution in [0.15, 0.2) is 101 Å². The fourth-order valence-corrected chi connectivity index (χ4v) is 4.68. The van der Waals surface area contributed by atoms with Gasteiger partial charge in [0.25, 0.3) is 11.6 Å². The maximum Gasteiger partial charge on any atom is 0.288 e. The molecule has 0 saturated carbocycles. The highest BCUT2D eigenvalue weighted by Crippen LogP contribution is 2.37. The van der Waals surface area contributed by atoms with Crippen LogP contribution < -0.4 is 5.43 Å². The second-order valence-corrected chi connectivity index (χ2v) is 9.36. The van der Waals surface area contributed by atoms with Gasteiger partial charge in [0.2, 0.25) is 0 Å². The van der Waals surface area contributed by atoms with Gasteiger partial charge in [0, 0.05) is 28.6 Å². The van der Waals surface area contributed by atoms with E-state index in [1.54, 1.807) is 24.3 Å². The largest absolute Gasteiger partial charge is 0.455 e. The van der Waals surface area contributed by atoms with Crippen molar-refractivity contribution in [3.63, 3.8) is 0 Å². The summed E-state index contributed by atoms with van der Waals surface area (Å²) >= 11 is 12.1. The van der Waals surface area contributed by atoms with Crippen LogP contribution in [0, 0.1) is 17.0 Å². The Morgan fingerprint density at radius 1 is 0.974 bits per heavy atom. The number of carbonyl (C=O) groups excluding carboxylic acids is 1. The molecule has 194 valence electrons. The number of hydrazone groups is 1. The molecule has 5 rings (SSSR count). The van der Waals surface area contributed by atoms with E-state index in [1.807, 2.05) is 37.3 Å². The van der Waals surface area contributed by atoms with E-state index >= 15 is 0 Å². The summed E-state index contributed by atoms with van der Waals surface area (Å²) in [5.74, 6) is 0.206. The summed E-state index contributed by atoms with van der Waals surface area (Å²) in [4.78, 5) is 23.2. The fraction of sp³-hybridized carbons (Fsp3) is 0.0345. The highest BCUT2D eigenvalue weighted by molar-refractivity contribution is 6.37. The zero-order valence-electron chi connectivity index (χ0n) is 20.5. The Balaban J connectivity index is 1.28. The van der Waals surface area contributed by atoms with Crippen LogP contribution in [0.25, 0.3) is 28.3 Å². The summed E-state index contributed by atoms with van der Waals surface area (Å²) in [5.41, 5.74) is 7.09. The molecule has 1 N–H and O–H groups in total. The molecule has 2 aromatic heterocycles. The number of aryl methyl sites for hydroxylation is 1. The van der Waals surface area contributed by atoms with Gasteiger partial charge in [-0.25, -0.2) is 5.43 Å². The van der Waals surface area contributed by atoms with Gasteiger partial charge in [-0.1, -0.05) is 53.5 Å². The molecule has 0 spiro atoms. The third-order valence-corrected chi connectivity index (χ3v) is 6.63. The van der Waals surface area contributed by atoms with Crippen molar-refractivity contribution in [3.8, 4) is 28.3 Å². The number of halogens is 2. The minimum atomic E-state index is -0.600. The van der Waals surface area contributed by atoms with Crippen molar-refractivity contribution in [3.05, 3.63) is 128 Å². The molecule has 8 nitrogen and oxygen atoms in total. The Kier molecular flexibility index (Phi) is 7.31. The number of furan rings is 1. The number of rotatable bonds is 7. The Morgan fingerprint density at radius 3 is 2.44 bits per heavy atom. The molecule has 0 saturated heterocycles. The summed E-state index contributed by atoms with van der Waals surface area (Å²) in [6, 6.07) is 27.2. The number of carbonyl (C=O) groups is 1. The van der Waals surface area contributed by atoms with E-state index < -0.39 is 10.8 Å². The average Bonchev–Trinajstić information content (AvgIpc) is 3.55. The van der Waals surface area contributed by atoms with Crippen molar-refractivity contribution in [1.29, 1.82) is 0 Å². The van der Waals surface area contributed by atoms with E-state index in [9.17, 15) is 14.9 Å². The zero-order valence-corrected chi connectivity index (χ0v) is 22.0. The summed E-state index contributed by atoms with van der Waals surface area (Å²) < 4.78 is 7.81. The molecule has 0 fully saturated rings. The molecule has 0 aliphatic carbocycles. The second-order valence-electron chi connectivity index (χ2n) is 8.55. The van der Waals surface area contributed by atoms with Crippen molar-refractivity contribution in [2.24, 2.45) is 5.10 Å². The van der Waals surface area contributed by atoms with Crippen LogP contribution in [0.5, 0.6) is 0 Å². The summed E-state index contributed by atoms with van der Waals surface area (Å²) in [7, 11) is 0. The predicted molar refractivity (Wildman–Crippen MR) is 152 cm³/mol. The smallest absolute Gasteiger partial charge is 0.288 e. The van der Waals surface area contributed by atoms with E-state index in [1.165, 1.54) is 18.3 Å². The average molecular weight is 559 g/mol. The van der Waals surface area contributed by atoms with Gasteiger partial charge in [-0.05, 0) is 67.1 Å². The van der Waals surface area contributed by atoms with Gasteiger partial charge in [0.15, 0.2) is 0 Å². The standard InChI is InChI=1S/C29H20Cl2N4O4/c1-18-7-13-26(19-5-3-2-4-6-19)34(18)21-10-8-20(9-11-21)29(36)33-32-17-22-12-14-28(39-22)23-15-27(35(37)38)25(31)16-24(23)30/h2-17H,1H3,(H,33,36)/b32-17+. The molecule has 0 aliphatic rings. The van der Waals surface area contributed by atoms with Gasteiger partial charge in [-0.15, -0.1) is 0 Å². The highest BCUT2D eigenvalue weighted by atomic mass is 35.5. The molecule has 0 atom stereocenters. The van der Waals surface area contributed by atoms with E-state index in [0.717, 1.165) is 22.6 Å². The number of nitro groups is 1. The van der Waals surface area contributed by atoms with Crippen molar-refractivity contribution in [1.82, 2.24) is 9.99 Å². The number of hydrogen-bond acceptors (Lipinski definition) is 5. The first-order chi connectivity index (χ1) is 18.8. The topological polar surface area (TPSA) is 103 Å². The molecule has 2 heterocycles. The molecule has 5 aromatic rings. The van der Waals surface area contributed by atoms with Crippen LogP contribution in [-0.4, -0.2) is 21.6 Å². The van der Waals surface area contributed by atoms with Crippen LogP contribution >= 0.6 is 23.2 Å². The molecule has 1 amide bonds. The Hall–Kier alpha value is -4.66. The van der Waals surface area contributed by atoms with Gasteiger partial charge in [-0.2, -0.15) is 5.10 Å². The molecule has 3 aromatic carbocycles. The van der Waals surface area contributed by atoms with Gasteiger partial charge < -0.3 is 8.98 Å². The normalized spacial score (nSPS) is 11.2. The van der Waals surface area contributed by atoms with E-state index in [4.69, 9.17) is 27.6 Å². The van der Waals surface area contributed by atoms with Crippen LogP contribution in [0.1, 0.15) is 21.8 Å². The lowest BCUT2D eigenvalue weighted by Crippen LogP contribution is -2.17. The minimum absolute atomic E-state index is 0.0713. The van der Waals surface area contributed by atoms with Gasteiger partial charge in [0.1, 0.15) is 16.5 Å². The Labute approximate surface area is 233 Å². The van der Waals surface area contributed by atoms with E-state index in [-0.39, 0.29) is 15.7 Å². The van der Waals surface area contributed by atoms with Crippen molar-refractivity contribution in [2.75, 3.05) is 0 Å². The molecule has 39 heavy (non-hydrogen) atoms. The van der Waals surface area contributed by atoms with Crippen LogP contribution in [0.2, 0.25) is 10.0 Å². The maximum atomic E-state index is 12.6. The van der Waals surface area contributed by atoms with Crippen molar-refractivity contribution in [2.45, 2.75) is 6.92 Å². The van der Waals surface area contributed by atoms with Crippen LogP contribution in [0.4, 0.5) is 5.69 Å². The number of nitro benzene ring substituents is 1. The monoisotopic (exact) mass is 558 g/mol. The maximum absolute atomic E-state index is 12.6. The lowest BCUT2D eigenvalue weighted by atomic mass is 10.1. The minimum Gasteiger partial charge on any atom is -0.455 e. The lowest BCUT2D eigenvalue weighted by molar-refractivity contribution is -0.384. The summed E-state index contributed by atoms with van der Waals surface area (Å²) in [6.45, 7) is 2.03. The van der Waals surface area contributed by atoms with Crippen molar-refractivity contribution >= 4 is 41.0 Å². The van der Waals surface area contributed by atoms with E-state index in [0.29, 0.717) is 22.6 Å². The molecule has 0 bridgehead atoms. The predicted octanol–water partition coefficient (Wildman–Crippen LogP) is 7.69. The molecular formula is C29H20Cl2N4O4. The van der Waals surface area contributed by atoms with Crippen molar-refractivity contribution < 1.29 is 14.1 Å². The first-order valence-electron chi connectivity index (χ1n) is 11.7. The summed E-state index contributed by atoms with van der Waals surface area (Å²) in [6.07, 6.45) is 1.32. The Bertz CT molecular complexity index is 1710. The third kappa shape index (κ3) is 5.47. The molecular weight excluding hydrogens is 539 g/mol. The number of aromatic nitrogens is 1. The number of nitrogens with zero attached hydrogens (tertiary/aromatic N) is 3. The molecule has 10 heteroatoms. The quantitative estimate of drug-likeness (QED) is 0.125. The first-order valence-corrected chi connectivity index (χ1v) is 12.5. The number of nitrogens with one attached hydrogen (secondary N) is 1. The summed E-state index contributed by atoms with van der Waals surface area (Å²) in [5, 5.41) is 15.3. The zero-order chi connectivity index (χ0) is 27.5. The van der Waals surface area contributed by atoms with Crippen LogP contribution in [0.3, 0.4) is 0 Å². The third-order valence-electron chi connectivity index (χ3n) is 6.02. The lowest BCUT2D eigenvalue weighted by Gasteiger charge is -2.12. The number of benzene rings is 3. The van der Waals surface area contributed by atoms with Gasteiger partial charge in [0.05, 0.1) is 21.9 Å².